The van der Waals surface area contributed by atoms with Crippen LogP contribution in [0.4, 0.5) is 14.5 Å². The van der Waals surface area contributed by atoms with Gasteiger partial charge in [-0.05, 0) is 47.5 Å². The molecule has 4 N–H and O–H groups in total. The number of anilines is 1. The van der Waals surface area contributed by atoms with Crippen molar-refractivity contribution in [1.29, 1.82) is 0 Å². The van der Waals surface area contributed by atoms with Gasteiger partial charge in [0, 0.05) is 29.7 Å². The van der Waals surface area contributed by atoms with E-state index in [2.05, 4.69) is 24.9 Å². The van der Waals surface area contributed by atoms with Crippen LogP contribution in [0.1, 0.15) is 17.3 Å². The lowest BCUT2D eigenvalue weighted by Crippen LogP contribution is -2.23. The van der Waals surface area contributed by atoms with Crippen LogP contribution in [0.2, 0.25) is 0 Å². The van der Waals surface area contributed by atoms with Crippen molar-refractivity contribution < 1.29 is 17.2 Å². The molecule has 0 radical (unpaired) electrons. The minimum absolute atomic E-state index is 0.0333. The fraction of sp³-hybridized carbons (Fsp3) is 0.103. The summed E-state index contributed by atoms with van der Waals surface area (Å²) in [5, 5.41) is 7.54. The van der Waals surface area contributed by atoms with E-state index in [-0.39, 0.29) is 12.1 Å². The molecule has 0 amide bonds. The van der Waals surface area contributed by atoms with Gasteiger partial charge in [0.15, 0.2) is 5.65 Å². The van der Waals surface area contributed by atoms with Crippen LogP contribution in [-0.2, 0) is 16.4 Å². The lowest BCUT2D eigenvalue weighted by atomic mass is 9.92. The molecule has 1 unspecified atom stereocenters. The molecular formula is C29H23F2N7O3S. The molecule has 0 aliphatic rings. The minimum Gasteiger partial charge on any atom is -0.324 e. The first-order chi connectivity index (χ1) is 20.1. The highest BCUT2D eigenvalue weighted by molar-refractivity contribution is 7.92. The normalized spacial score (nSPS) is 12.6. The number of rotatable bonds is 7. The van der Waals surface area contributed by atoms with Gasteiger partial charge < -0.3 is 5.73 Å². The van der Waals surface area contributed by atoms with Crippen LogP contribution in [-0.4, -0.2) is 39.2 Å². The molecule has 0 saturated heterocycles. The number of benzene rings is 2. The number of fused-ring (bicyclic) bond motifs is 2. The number of hydrogen-bond donors (Lipinski definition) is 3. The summed E-state index contributed by atoms with van der Waals surface area (Å²) >= 11 is 0. The summed E-state index contributed by atoms with van der Waals surface area (Å²) in [7, 11) is -3.66. The van der Waals surface area contributed by atoms with Gasteiger partial charge in [-0.15, -0.1) is 0 Å². The Labute approximate surface area is 237 Å². The number of pyridine rings is 2. The van der Waals surface area contributed by atoms with Crippen LogP contribution < -0.4 is 16.0 Å². The standard InChI is InChI=1S/C29H23F2N7O3S/c1-42(40,41)37-20-10-17(9-19(31)11-20)27-26-24(33-15-34-28(26)36-35-27)13-23(32)22-12-21-8-7-18(30)14-38(21)29(39)25(22)16-5-3-2-4-6-16/h2-12,14-15,23,37H,13,32H2,1H3,(H,33,34,35,36). The summed E-state index contributed by atoms with van der Waals surface area (Å²) in [4.78, 5) is 22.3. The summed E-state index contributed by atoms with van der Waals surface area (Å²) in [5.74, 6) is -1.22. The Hall–Kier alpha value is -5.01. The summed E-state index contributed by atoms with van der Waals surface area (Å²) < 4.78 is 55.6. The predicted molar refractivity (Wildman–Crippen MR) is 155 cm³/mol. The van der Waals surface area contributed by atoms with Crippen molar-refractivity contribution in [2.75, 3.05) is 11.0 Å². The number of nitrogens with zero attached hydrogens (tertiary/aromatic N) is 4. The van der Waals surface area contributed by atoms with Crippen LogP contribution in [0, 0.1) is 11.6 Å². The van der Waals surface area contributed by atoms with Gasteiger partial charge in [0.25, 0.3) is 5.56 Å². The Bertz CT molecular complexity index is 2150. The number of sulfonamides is 1. The van der Waals surface area contributed by atoms with Gasteiger partial charge in [-0.25, -0.2) is 27.2 Å². The quantitative estimate of drug-likeness (QED) is 0.254. The molecule has 2 aromatic carbocycles. The third-order valence-corrected chi connectivity index (χ3v) is 7.37. The molecule has 42 heavy (non-hydrogen) atoms. The highest BCUT2D eigenvalue weighted by Gasteiger charge is 2.22. The minimum atomic E-state index is -3.66. The number of halogens is 2. The smallest absolute Gasteiger partial charge is 0.263 e. The molecule has 0 aliphatic carbocycles. The molecule has 0 saturated carbocycles. The number of aromatic amines is 1. The summed E-state index contributed by atoms with van der Waals surface area (Å²) in [5.41, 5.74) is 9.75. The lowest BCUT2D eigenvalue weighted by Gasteiger charge is -2.18. The van der Waals surface area contributed by atoms with Crippen molar-refractivity contribution in [2.24, 2.45) is 5.73 Å². The molecule has 0 bridgehead atoms. The second kappa shape index (κ2) is 10.4. The van der Waals surface area contributed by atoms with Gasteiger partial charge in [0.05, 0.1) is 34.3 Å². The number of H-pyrrole nitrogens is 1. The van der Waals surface area contributed by atoms with Gasteiger partial charge in [0.2, 0.25) is 10.0 Å². The Morgan fingerprint density at radius 3 is 2.55 bits per heavy atom. The molecule has 1 atom stereocenters. The maximum atomic E-state index is 14.5. The van der Waals surface area contributed by atoms with Crippen LogP contribution in [0.3, 0.4) is 0 Å². The van der Waals surface area contributed by atoms with Gasteiger partial charge in [-0.2, -0.15) is 5.10 Å². The van der Waals surface area contributed by atoms with Crippen molar-refractivity contribution in [1.82, 2.24) is 24.6 Å². The van der Waals surface area contributed by atoms with E-state index in [4.69, 9.17) is 5.73 Å². The summed E-state index contributed by atoms with van der Waals surface area (Å²) in [6.07, 6.45) is 3.56. The van der Waals surface area contributed by atoms with Gasteiger partial charge >= 0.3 is 0 Å². The van der Waals surface area contributed by atoms with E-state index in [1.54, 1.807) is 30.3 Å². The van der Waals surface area contributed by atoms with E-state index < -0.39 is 33.3 Å². The SMILES string of the molecule is CS(=O)(=O)Nc1cc(F)cc(-c2[nH]nc3ncnc(CC(N)c4cc5ccc(F)cn5c(=O)c4-c4ccccc4)c23)c1. The Morgan fingerprint density at radius 1 is 1.00 bits per heavy atom. The van der Waals surface area contributed by atoms with Gasteiger partial charge in [-0.3, -0.25) is 19.0 Å². The first-order valence-corrected chi connectivity index (χ1v) is 14.6. The van der Waals surface area contributed by atoms with E-state index in [9.17, 15) is 22.0 Å². The van der Waals surface area contributed by atoms with E-state index in [0.717, 1.165) is 18.5 Å². The fourth-order valence-corrected chi connectivity index (χ4v) is 5.59. The average Bonchev–Trinajstić information content (AvgIpc) is 3.38. The third kappa shape index (κ3) is 5.22. The molecule has 4 aromatic heterocycles. The zero-order valence-electron chi connectivity index (χ0n) is 22.0. The van der Waals surface area contributed by atoms with Crippen molar-refractivity contribution in [3.63, 3.8) is 0 Å². The van der Waals surface area contributed by atoms with Crippen LogP contribution in [0.15, 0.2) is 84.0 Å². The van der Waals surface area contributed by atoms with Crippen molar-refractivity contribution in [3.05, 3.63) is 112 Å². The summed E-state index contributed by atoms with van der Waals surface area (Å²) in [6.45, 7) is 0. The van der Waals surface area contributed by atoms with E-state index >= 15 is 0 Å². The molecule has 13 heteroatoms. The van der Waals surface area contributed by atoms with Crippen LogP contribution in [0.5, 0.6) is 0 Å². The largest absolute Gasteiger partial charge is 0.324 e. The van der Waals surface area contributed by atoms with Gasteiger partial charge in [0.1, 0.15) is 18.0 Å². The molecule has 0 spiro atoms. The lowest BCUT2D eigenvalue weighted by molar-refractivity contribution is 0.606. The topological polar surface area (TPSA) is 148 Å². The molecule has 0 aliphatic heterocycles. The van der Waals surface area contributed by atoms with Gasteiger partial charge in [-0.1, -0.05) is 30.3 Å². The second-order valence-electron chi connectivity index (χ2n) is 9.82. The fourth-order valence-electron chi connectivity index (χ4n) is 5.05. The second-order valence-corrected chi connectivity index (χ2v) is 11.6. The molecule has 6 rings (SSSR count). The zero-order valence-corrected chi connectivity index (χ0v) is 22.9. The number of hydrogen-bond acceptors (Lipinski definition) is 7. The molecule has 212 valence electrons. The van der Waals surface area contributed by atoms with Crippen molar-refractivity contribution >= 4 is 32.3 Å². The molecular weight excluding hydrogens is 564 g/mol. The van der Waals surface area contributed by atoms with Crippen molar-refractivity contribution in [2.45, 2.75) is 12.5 Å². The highest BCUT2D eigenvalue weighted by Crippen LogP contribution is 2.33. The highest BCUT2D eigenvalue weighted by atomic mass is 32.2. The number of aromatic nitrogens is 5. The average molecular weight is 588 g/mol. The van der Waals surface area contributed by atoms with E-state index in [0.29, 0.717) is 50.2 Å². The first-order valence-electron chi connectivity index (χ1n) is 12.7. The molecule has 0 fully saturated rings. The number of nitrogens with one attached hydrogen (secondary N) is 2. The molecule has 4 heterocycles. The zero-order chi connectivity index (χ0) is 29.6. The first kappa shape index (κ1) is 27.2. The Morgan fingerprint density at radius 2 is 1.79 bits per heavy atom. The maximum absolute atomic E-state index is 14.5. The van der Waals surface area contributed by atoms with E-state index in [1.165, 1.54) is 35.0 Å². The summed E-state index contributed by atoms with van der Waals surface area (Å²) in [6, 6.07) is 16.5. The monoisotopic (exact) mass is 587 g/mol. The van der Waals surface area contributed by atoms with Crippen LogP contribution in [0.25, 0.3) is 38.9 Å². The van der Waals surface area contributed by atoms with Crippen LogP contribution >= 0.6 is 0 Å². The Balaban J connectivity index is 1.48. The van der Waals surface area contributed by atoms with Crippen molar-refractivity contribution in [3.8, 4) is 22.4 Å². The number of nitrogens with two attached hydrogens (primary N) is 1. The Kier molecular flexibility index (Phi) is 6.75. The predicted octanol–water partition coefficient (Wildman–Crippen LogP) is 4.19. The molecule has 6 aromatic rings. The maximum Gasteiger partial charge on any atom is 0.263 e. The van der Waals surface area contributed by atoms with E-state index in [1.807, 2.05) is 6.07 Å². The molecule has 10 nitrogen and oxygen atoms in total. The third-order valence-electron chi connectivity index (χ3n) is 6.76.